The molecule has 0 unspecified atom stereocenters. The molecule has 4 heterocycles. The fraction of sp³-hybridized carbons (Fsp3) is 0.333. The number of benzene rings is 2. The smallest absolute Gasteiger partial charge is 0.266 e. The monoisotopic (exact) mass is 513 g/mol. The van der Waals surface area contributed by atoms with Crippen molar-refractivity contribution in [3.63, 3.8) is 0 Å². The minimum atomic E-state index is 0.0339. The Labute approximate surface area is 219 Å². The predicted molar refractivity (Wildman–Crippen MR) is 147 cm³/mol. The molecule has 0 spiro atoms. The quantitative estimate of drug-likeness (QED) is 0.274. The Morgan fingerprint density at radius 2 is 1.61 bits per heavy atom. The molecular formula is C30H29N2O2S2+. The van der Waals surface area contributed by atoms with E-state index in [9.17, 15) is 9.90 Å². The summed E-state index contributed by atoms with van der Waals surface area (Å²) in [4.78, 5) is 17.5. The third kappa shape index (κ3) is 3.41. The summed E-state index contributed by atoms with van der Waals surface area (Å²) < 4.78 is 3.62. The highest BCUT2D eigenvalue weighted by molar-refractivity contribution is 8.03. The summed E-state index contributed by atoms with van der Waals surface area (Å²) in [6.07, 6.45) is 8.34. The van der Waals surface area contributed by atoms with Crippen LogP contribution in [0.15, 0.2) is 80.9 Å². The van der Waals surface area contributed by atoms with Gasteiger partial charge in [-0.05, 0) is 62.3 Å². The van der Waals surface area contributed by atoms with Crippen LogP contribution in [0, 0.1) is 0 Å². The maximum Gasteiger partial charge on any atom is 0.266 e. The molecule has 2 aromatic carbocycles. The van der Waals surface area contributed by atoms with Crippen LogP contribution in [0.4, 0.5) is 5.69 Å². The van der Waals surface area contributed by atoms with Crippen LogP contribution in [0.2, 0.25) is 0 Å². The number of carbonyl (C=O) groups is 1. The van der Waals surface area contributed by atoms with Gasteiger partial charge in [0.1, 0.15) is 10.5 Å². The number of hydrogen-bond acceptors (Lipinski definition) is 5. The number of anilines is 1. The van der Waals surface area contributed by atoms with Gasteiger partial charge in [-0.15, -0.1) is 0 Å². The van der Waals surface area contributed by atoms with E-state index >= 15 is 0 Å². The van der Waals surface area contributed by atoms with Gasteiger partial charge in [-0.25, -0.2) is 0 Å². The molecule has 182 valence electrons. The second-order valence-electron chi connectivity index (χ2n) is 10.1. The first-order valence-electron chi connectivity index (χ1n) is 13.1. The summed E-state index contributed by atoms with van der Waals surface area (Å²) in [5.74, 6) is 0.255. The van der Waals surface area contributed by atoms with Crippen LogP contribution in [-0.2, 0) is 11.3 Å². The second kappa shape index (κ2) is 8.93. The molecule has 0 atom stereocenters. The van der Waals surface area contributed by atoms with E-state index in [1.165, 1.54) is 20.8 Å². The third-order valence-electron chi connectivity index (χ3n) is 7.88. The van der Waals surface area contributed by atoms with Crippen LogP contribution in [0.25, 0.3) is 15.8 Å². The molecule has 4 aliphatic rings. The summed E-state index contributed by atoms with van der Waals surface area (Å²) in [5.41, 5.74) is 5.67. The highest BCUT2D eigenvalue weighted by Gasteiger charge is 2.43. The zero-order chi connectivity index (χ0) is 24.2. The van der Waals surface area contributed by atoms with E-state index in [1.54, 1.807) is 23.1 Å². The Kier molecular flexibility index (Phi) is 5.55. The van der Waals surface area contributed by atoms with Crippen molar-refractivity contribution in [1.82, 2.24) is 0 Å². The van der Waals surface area contributed by atoms with Crippen LogP contribution >= 0.6 is 23.1 Å². The molecule has 0 fully saturated rings. The first-order chi connectivity index (χ1) is 17.7. The number of fused-ring (bicyclic) bond motifs is 6. The van der Waals surface area contributed by atoms with Gasteiger partial charge in [0.25, 0.3) is 5.01 Å². The van der Waals surface area contributed by atoms with Crippen molar-refractivity contribution >= 4 is 50.4 Å². The largest absolute Gasteiger partial charge is 0.506 e. The normalized spacial score (nSPS) is 24.4. The van der Waals surface area contributed by atoms with Crippen molar-refractivity contribution in [2.45, 2.75) is 62.8 Å². The van der Waals surface area contributed by atoms with Crippen molar-refractivity contribution in [2.24, 2.45) is 0 Å². The molecule has 0 radical (unpaired) electrons. The van der Waals surface area contributed by atoms with E-state index in [-0.39, 0.29) is 11.5 Å². The van der Waals surface area contributed by atoms with Crippen LogP contribution in [0.3, 0.4) is 0 Å². The lowest BCUT2D eigenvalue weighted by Crippen LogP contribution is -2.38. The summed E-state index contributed by atoms with van der Waals surface area (Å²) in [6, 6.07) is 17.0. The number of allylic oxidation sites excluding steroid dienone is 4. The average molecular weight is 514 g/mol. The number of hydrogen-bond donors (Lipinski definition) is 1. The molecule has 3 aromatic rings. The molecule has 3 aliphatic heterocycles. The van der Waals surface area contributed by atoms with Gasteiger partial charge in [-0.1, -0.05) is 53.8 Å². The average Bonchev–Trinajstić information content (AvgIpc) is 3.41. The predicted octanol–water partition coefficient (Wildman–Crippen LogP) is 7.31. The Morgan fingerprint density at radius 3 is 2.50 bits per heavy atom. The lowest BCUT2D eigenvalue weighted by Gasteiger charge is -2.30. The van der Waals surface area contributed by atoms with E-state index in [4.69, 9.17) is 0 Å². The zero-order valence-corrected chi connectivity index (χ0v) is 21.9. The molecule has 0 saturated heterocycles. The maximum absolute atomic E-state index is 13.9. The number of aliphatic hydroxyl groups excluding tert-OH is 1. The first kappa shape index (κ1) is 22.4. The number of rotatable bonds is 1. The number of thioether (sulfide) groups is 1. The second-order valence-corrected chi connectivity index (χ2v) is 12.1. The molecule has 0 saturated carbocycles. The van der Waals surface area contributed by atoms with E-state index < -0.39 is 0 Å². The van der Waals surface area contributed by atoms with Crippen molar-refractivity contribution in [3.8, 4) is 0 Å². The van der Waals surface area contributed by atoms with E-state index in [1.807, 2.05) is 0 Å². The van der Waals surface area contributed by atoms with Gasteiger partial charge in [0.2, 0.25) is 11.3 Å². The number of Topliss-reactive ketones (excluding diaryl/α,β-unsaturated/α-hetero) is 1. The number of aliphatic hydroxyl groups is 1. The highest BCUT2D eigenvalue weighted by Crippen LogP contribution is 2.52. The number of nitrogens with zero attached hydrogens (tertiary/aromatic N) is 2. The minimum absolute atomic E-state index is 0.0339. The van der Waals surface area contributed by atoms with Gasteiger partial charge < -0.3 is 10.0 Å². The Morgan fingerprint density at radius 1 is 0.833 bits per heavy atom. The molecule has 1 N–H and O–H groups in total. The first-order valence-corrected chi connectivity index (χ1v) is 14.8. The molecule has 1 aromatic heterocycles. The van der Waals surface area contributed by atoms with Gasteiger partial charge in [0.15, 0.2) is 6.54 Å². The number of para-hydroxylation sites is 2. The molecule has 4 nitrogen and oxygen atoms in total. The Balaban J connectivity index is 1.38. The molecule has 0 bridgehead atoms. The van der Waals surface area contributed by atoms with Crippen molar-refractivity contribution in [3.05, 3.63) is 81.0 Å². The van der Waals surface area contributed by atoms with Crippen LogP contribution in [0.1, 0.15) is 56.4 Å². The van der Waals surface area contributed by atoms with Crippen molar-refractivity contribution in [2.75, 3.05) is 11.4 Å². The van der Waals surface area contributed by atoms with Gasteiger partial charge >= 0.3 is 0 Å². The number of aryl methyl sites for hydroxylation is 1. The maximum atomic E-state index is 13.9. The SMILES string of the molecule is O=C1C(C2=C3\Sc4ccccc4N3CCCCC\2)=C(O)/C1=C1/CCCCC[n+]2c1sc1ccccc12. The standard InChI is InChI=1S/C30H28N2O2S2/c33-27-25(19-11-3-1-9-17-31-21-13-5-7-15-23(21)35-29(19)31)28(34)26(27)20-12-4-2-10-18-32-22-14-6-8-16-24(22)36-30(20)32/h5-8,13-16H,1-4,9-12,17-18H2/p+1. The summed E-state index contributed by atoms with van der Waals surface area (Å²) in [5, 5.41) is 13.8. The summed E-state index contributed by atoms with van der Waals surface area (Å²) >= 11 is 3.51. The molecule has 7 rings (SSSR count). The van der Waals surface area contributed by atoms with Gasteiger partial charge in [0, 0.05) is 23.9 Å². The van der Waals surface area contributed by atoms with Gasteiger partial charge in [-0.2, -0.15) is 4.57 Å². The van der Waals surface area contributed by atoms with Crippen LogP contribution in [0.5, 0.6) is 0 Å². The van der Waals surface area contributed by atoms with E-state index in [0.717, 1.165) is 85.6 Å². The fourth-order valence-corrected chi connectivity index (χ4v) is 8.63. The number of ketones is 1. The number of carbonyl (C=O) groups excluding carboxylic acids is 1. The molecule has 0 amide bonds. The fourth-order valence-electron chi connectivity index (χ4n) is 6.10. The molecule has 6 heteroatoms. The number of thiazole rings is 1. The van der Waals surface area contributed by atoms with Gasteiger partial charge in [-0.3, -0.25) is 4.79 Å². The molecule has 1 aliphatic carbocycles. The van der Waals surface area contributed by atoms with E-state index in [0.29, 0.717) is 11.1 Å². The molecular weight excluding hydrogens is 484 g/mol. The lowest BCUT2D eigenvalue weighted by atomic mass is 9.78. The van der Waals surface area contributed by atoms with Crippen LogP contribution in [-0.4, -0.2) is 17.4 Å². The van der Waals surface area contributed by atoms with Gasteiger partial charge in [0.05, 0.1) is 27.4 Å². The zero-order valence-electron chi connectivity index (χ0n) is 20.3. The van der Waals surface area contributed by atoms with E-state index in [2.05, 4.69) is 58.0 Å². The topological polar surface area (TPSA) is 44.4 Å². The summed E-state index contributed by atoms with van der Waals surface area (Å²) in [7, 11) is 0. The lowest BCUT2D eigenvalue weighted by molar-refractivity contribution is -0.670. The van der Waals surface area contributed by atoms with Crippen molar-refractivity contribution in [1.29, 1.82) is 0 Å². The Bertz CT molecular complexity index is 1510. The van der Waals surface area contributed by atoms with Crippen LogP contribution < -0.4 is 9.47 Å². The third-order valence-corrected chi connectivity index (χ3v) is 10.3. The number of aromatic nitrogens is 1. The highest BCUT2D eigenvalue weighted by atomic mass is 32.2. The Hall–Kier alpha value is -2.83. The van der Waals surface area contributed by atoms with Crippen molar-refractivity contribution < 1.29 is 14.5 Å². The summed E-state index contributed by atoms with van der Waals surface area (Å²) in [6.45, 7) is 1.92. The molecule has 36 heavy (non-hydrogen) atoms. The minimum Gasteiger partial charge on any atom is -0.506 e.